The second-order valence-corrected chi connectivity index (χ2v) is 8.54. The number of nitro benzene ring substituents is 1. The van der Waals surface area contributed by atoms with Crippen LogP contribution in [0.25, 0.3) is 17.8 Å². The van der Waals surface area contributed by atoms with Gasteiger partial charge in [0.2, 0.25) is 0 Å². The van der Waals surface area contributed by atoms with E-state index in [2.05, 4.69) is 0 Å². The van der Waals surface area contributed by atoms with E-state index >= 15 is 0 Å². The van der Waals surface area contributed by atoms with Gasteiger partial charge in [-0.25, -0.2) is 4.98 Å². The number of nitrogens with zero attached hydrogens (tertiary/aromatic N) is 3. The number of aryl methyl sites for hydroxylation is 1. The molecule has 7 nitrogen and oxygen atoms in total. The van der Waals surface area contributed by atoms with Gasteiger partial charge in [-0.15, -0.1) is 0 Å². The maximum atomic E-state index is 11.5. The molecule has 37 heavy (non-hydrogen) atoms. The first-order chi connectivity index (χ1) is 18.1. The molecule has 0 N–H and O–H groups in total. The number of hydrogen-bond donors (Lipinski definition) is 0. The van der Waals surface area contributed by atoms with Crippen LogP contribution < -0.4 is 9.47 Å². The van der Waals surface area contributed by atoms with E-state index in [1.54, 1.807) is 12.1 Å². The van der Waals surface area contributed by atoms with Crippen LogP contribution in [-0.2, 0) is 13.2 Å². The number of imidazole rings is 1. The summed E-state index contributed by atoms with van der Waals surface area (Å²) in [5.41, 5.74) is 5.29. The molecule has 0 fully saturated rings. The standard InChI is InChI=1S/C30H25N3O4/c1-22-27(31-30-19-26(16-17-32(22)30)36-20-24-8-4-2-5-9-24)14-12-23-13-15-28(33(34)35)29(18-23)37-21-25-10-6-3-7-11-25/h2-19H,20-21H2,1H3. The second kappa shape index (κ2) is 10.8. The highest BCUT2D eigenvalue weighted by atomic mass is 16.6. The highest BCUT2D eigenvalue weighted by molar-refractivity contribution is 5.72. The normalized spacial score (nSPS) is 11.2. The SMILES string of the molecule is Cc1c(C=Cc2ccc([N+](=O)[O-])c(OCc3ccccc3)c2)nc2cc(OCc3ccccc3)ccn12. The van der Waals surface area contributed by atoms with E-state index in [1.165, 1.54) is 6.07 Å². The van der Waals surface area contributed by atoms with Crippen LogP contribution >= 0.6 is 0 Å². The summed E-state index contributed by atoms with van der Waals surface area (Å²) in [7, 11) is 0. The van der Waals surface area contributed by atoms with Gasteiger partial charge in [0.1, 0.15) is 24.6 Å². The van der Waals surface area contributed by atoms with Crippen LogP contribution in [0, 0.1) is 17.0 Å². The van der Waals surface area contributed by atoms with Crippen LogP contribution in [0.4, 0.5) is 5.69 Å². The average molecular weight is 492 g/mol. The minimum absolute atomic E-state index is 0.0694. The number of hydrogen-bond acceptors (Lipinski definition) is 5. The zero-order chi connectivity index (χ0) is 25.6. The van der Waals surface area contributed by atoms with Gasteiger partial charge in [-0.05, 0) is 47.9 Å². The zero-order valence-electron chi connectivity index (χ0n) is 20.3. The Hall–Kier alpha value is -4.91. The van der Waals surface area contributed by atoms with Gasteiger partial charge in [0.15, 0.2) is 5.75 Å². The molecule has 3 aromatic carbocycles. The van der Waals surface area contributed by atoms with Crippen molar-refractivity contribution in [2.45, 2.75) is 20.1 Å². The number of aromatic nitrogens is 2. The fraction of sp³-hybridized carbons (Fsp3) is 0.100. The van der Waals surface area contributed by atoms with Crippen molar-refractivity contribution in [3.05, 3.63) is 135 Å². The van der Waals surface area contributed by atoms with Crippen molar-refractivity contribution in [3.63, 3.8) is 0 Å². The van der Waals surface area contributed by atoms with E-state index in [0.717, 1.165) is 39.5 Å². The minimum Gasteiger partial charge on any atom is -0.489 e. The quantitative estimate of drug-likeness (QED) is 0.166. The van der Waals surface area contributed by atoms with Crippen molar-refractivity contribution in [2.75, 3.05) is 0 Å². The van der Waals surface area contributed by atoms with Crippen molar-refractivity contribution in [3.8, 4) is 11.5 Å². The number of ether oxygens (including phenoxy) is 2. The van der Waals surface area contributed by atoms with E-state index < -0.39 is 4.92 Å². The number of pyridine rings is 1. The molecule has 0 aliphatic heterocycles. The Labute approximate surface area is 214 Å². The summed E-state index contributed by atoms with van der Waals surface area (Å²) in [5, 5.41) is 11.5. The summed E-state index contributed by atoms with van der Waals surface area (Å²) >= 11 is 0. The van der Waals surface area contributed by atoms with E-state index in [0.29, 0.717) is 6.61 Å². The first kappa shape index (κ1) is 23.8. The van der Waals surface area contributed by atoms with Crippen LogP contribution in [0.3, 0.4) is 0 Å². The molecule has 184 valence electrons. The summed E-state index contributed by atoms with van der Waals surface area (Å²) in [6, 6.07) is 28.2. The maximum Gasteiger partial charge on any atom is 0.310 e. The second-order valence-electron chi connectivity index (χ2n) is 8.54. The van der Waals surface area contributed by atoms with Crippen LogP contribution in [-0.4, -0.2) is 14.3 Å². The van der Waals surface area contributed by atoms with Gasteiger partial charge in [-0.2, -0.15) is 0 Å². The number of fused-ring (bicyclic) bond motifs is 1. The molecule has 0 spiro atoms. The summed E-state index contributed by atoms with van der Waals surface area (Å²) in [6.45, 7) is 2.72. The molecule has 0 atom stereocenters. The highest BCUT2D eigenvalue weighted by Crippen LogP contribution is 2.30. The fourth-order valence-corrected chi connectivity index (χ4v) is 3.97. The van der Waals surface area contributed by atoms with Crippen LogP contribution in [0.15, 0.2) is 97.2 Å². The van der Waals surface area contributed by atoms with Crippen molar-refractivity contribution in [1.29, 1.82) is 0 Å². The molecule has 0 saturated carbocycles. The molecule has 0 bridgehead atoms. The first-order valence-electron chi connectivity index (χ1n) is 11.9. The van der Waals surface area contributed by atoms with Crippen molar-refractivity contribution in [1.82, 2.24) is 9.38 Å². The van der Waals surface area contributed by atoms with E-state index in [4.69, 9.17) is 14.5 Å². The van der Waals surface area contributed by atoms with Crippen LogP contribution in [0.1, 0.15) is 28.1 Å². The summed E-state index contributed by atoms with van der Waals surface area (Å²) in [4.78, 5) is 15.8. The molecular formula is C30H25N3O4. The Morgan fingerprint density at radius 3 is 2.22 bits per heavy atom. The maximum absolute atomic E-state index is 11.5. The predicted octanol–water partition coefficient (Wildman–Crippen LogP) is 6.88. The smallest absolute Gasteiger partial charge is 0.310 e. The van der Waals surface area contributed by atoms with Crippen LogP contribution in [0.2, 0.25) is 0 Å². The summed E-state index contributed by atoms with van der Waals surface area (Å²) in [5.74, 6) is 0.968. The number of benzene rings is 3. The van der Waals surface area contributed by atoms with E-state index in [1.807, 2.05) is 102 Å². The largest absolute Gasteiger partial charge is 0.489 e. The summed E-state index contributed by atoms with van der Waals surface area (Å²) in [6.07, 6.45) is 5.71. The molecule has 7 heteroatoms. The van der Waals surface area contributed by atoms with Gasteiger partial charge in [0, 0.05) is 24.0 Å². The van der Waals surface area contributed by atoms with Crippen molar-refractivity contribution in [2.24, 2.45) is 0 Å². The Balaban J connectivity index is 1.34. The Morgan fingerprint density at radius 1 is 0.865 bits per heavy atom. The molecule has 2 aromatic heterocycles. The third-order valence-corrected chi connectivity index (χ3v) is 5.97. The molecule has 0 aliphatic rings. The van der Waals surface area contributed by atoms with Gasteiger partial charge >= 0.3 is 5.69 Å². The Bertz CT molecular complexity index is 1560. The third-order valence-electron chi connectivity index (χ3n) is 5.97. The van der Waals surface area contributed by atoms with Gasteiger partial charge in [0.05, 0.1) is 10.6 Å². The predicted molar refractivity (Wildman–Crippen MR) is 144 cm³/mol. The van der Waals surface area contributed by atoms with Crippen LogP contribution in [0.5, 0.6) is 11.5 Å². The van der Waals surface area contributed by atoms with Gasteiger partial charge < -0.3 is 13.9 Å². The molecule has 0 unspecified atom stereocenters. The minimum atomic E-state index is -0.433. The van der Waals surface area contributed by atoms with E-state index in [-0.39, 0.29) is 18.0 Å². The van der Waals surface area contributed by atoms with E-state index in [9.17, 15) is 10.1 Å². The lowest BCUT2D eigenvalue weighted by Gasteiger charge is -2.08. The van der Waals surface area contributed by atoms with Crippen molar-refractivity contribution < 1.29 is 14.4 Å². The molecule has 5 aromatic rings. The lowest BCUT2D eigenvalue weighted by molar-refractivity contribution is -0.385. The first-order valence-corrected chi connectivity index (χ1v) is 11.9. The molecular weight excluding hydrogens is 466 g/mol. The molecule has 0 aliphatic carbocycles. The lowest BCUT2D eigenvalue weighted by atomic mass is 10.1. The average Bonchev–Trinajstić information content (AvgIpc) is 3.25. The van der Waals surface area contributed by atoms with Crippen molar-refractivity contribution >= 4 is 23.5 Å². The molecule has 5 rings (SSSR count). The monoisotopic (exact) mass is 491 g/mol. The zero-order valence-corrected chi connectivity index (χ0v) is 20.3. The van der Waals surface area contributed by atoms with Gasteiger partial charge in [-0.3, -0.25) is 10.1 Å². The third kappa shape index (κ3) is 5.67. The molecule has 2 heterocycles. The van der Waals surface area contributed by atoms with Gasteiger partial charge in [-0.1, -0.05) is 66.7 Å². The fourth-order valence-electron chi connectivity index (χ4n) is 3.97. The molecule has 0 saturated heterocycles. The van der Waals surface area contributed by atoms with Gasteiger partial charge in [0.25, 0.3) is 0 Å². The number of rotatable bonds is 9. The highest BCUT2D eigenvalue weighted by Gasteiger charge is 2.15. The lowest BCUT2D eigenvalue weighted by Crippen LogP contribution is -1.99. The topological polar surface area (TPSA) is 78.9 Å². The Morgan fingerprint density at radius 2 is 1.54 bits per heavy atom. The number of nitro groups is 1. The Kier molecular flexibility index (Phi) is 6.94. The summed E-state index contributed by atoms with van der Waals surface area (Å²) < 4.78 is 13.7. The molecule has 0 radical (unpaired) electrons. The molecule has 0 amide bonds.